The van der Waals surface area contributed by atoms with Crippen LogP contribution in [-0.2, 0) is 14.8 Å². The number of fused-ring (bicyclic) bond motifs is 1. The number of nitrogens with two attached hydrogens (primary N) is 1. The third-order valence-electron chi connectivity index (χ3n) is 5.78. The van der Waals surface area contributed by atoms with E-state index in [4.69, 9.17) is 5.11 Å². The normalized spacial score (nSPS) is 20.2. The van der Waals surface area contributed by atoms with Crippen molar-refractivity contribution in [2.75, 3.05) is 13.6 Å². The van der Waals surface area contributed by atoms with Crippen molar-refractivity contribution >= 4 is 16.0 Å². The highest BCUT2D eigenvalue weighted by atomic mass is 32.2. The Balaban J connectivity index is 1.82. The number of carboxylic acid groups (broad SMARTS) is 1. The Labute approximate surface area is 173 Å². The van der Waals surface area contributed by atoms with Gasteiger partial charge in [0.05, 0.1) is 11.4 Å². The number of aryl methyl sites for hydroxylation is 1. The summed E-state index contributed by atoms with van der Waals surface area (Å²) in [6.07, 6.45) is 9.61. The zero-order valence-corrected chi connectivity index (χ0v) is 18.0. The molecule has 0 amide bonds. The summed E-state index contributed by atoms with van der Waals surface area (Å²) in [6, 6.07) is 5.69. The van der Waals surface area contributed by atoms with E-state index in [0.717, 1.165) is 61.0 Å². The number of quaternary nitrogens is 1. The van der Waals surface area contributed by atoms with E-state index in [2.05, 4.69) is 17.5 Å². The molecule has 0 saturated heterocycles. The molecule has 0 spiro atoms. The van der Waals surface area contributed by atoms with Gasteiger partial charge in [-0.25, -0.2) is 8.42 Å². The third kappa shape index (κ3) is 4.73. The van der Waals surface area contributed by atoms with E-state index in [0.29, 0.717) is 11.3 Å². The summed E-state index contributed by atoms with van der Waals surface area (Å²) in [5.74, 6) is -0.740. The molecule has 3 rings (SSSR count). The van der Waals surface area contributed by atoms with Crippen LogP contribution < -0.4 is 5.32 Å². The standard InChI is InChI=1S/C22H30N2O4S/c1-16-12-13-18-20(15-16)29(27,28)24(2)19-10-7-6-9-17(19)22(18)23-14-8-4-3-5-11-21(25)26/h6,9,12-13,15,22-23H,3-5,7-8,10-11,14H2,1-2H3,(H,25,26)/p+1. The average molecular weight is 420 g/mol. The summed E-state index contributed by atoms with van der Waals surface area (Å²) < 4.78 is 28.0. The number of sulfonamides is 1. The molecule has 0 saturated carbocycles. The number of aliphatic carboxylic acids is 1. The second kappa shape index (κ2) is 9.13. The van der Waals surface area contributed by atoms with Gasteiger partial charge in [-0.15, -0.1) is 0 Å². The summed E-state index contributed by atoms with van der Waals surface area (Å²) in [5.41, 5.74) is 3.76. The quantitative estimate of drug-likeness (QED) is 0.634. The molecule has 1 aromatic carbocycles. The van der Waals surface area contributed by atoms with Gasteiger partial charge in [-0.2, -0.15) is 0 Å². The van der Waals surface area contributed by atoms with Crippen molar-refractivity contribution in [3.05, 3.63) is 52.7 Å². The summed E-state index contributed by atoms with van der Waals surface area (Å²) >= 11 is 0. The van der Waals surface area contributed by atoms with Crippen LogP contribution in [0.25, 0.3) is 0 Å². The largest absolute Gasteiger partial charge is 0.481 e. The van der Waals surface area contributed by atoms with Gasteiger partial charge in [-0.1, -0.05) is 30.7 Å². The molecule has 0 fully saturated rings. The van der Waals surface area contributed by atoms with Gasteiger partial charge in [0.15, 0.2) is 0 Å². The van der Waals surface area contributed by atoms with Crippen molar-refractivity contribution in [2.45, 2.75) is 62.8 Å². The summed E-state index contributed by atoms with van der Waals surface area (Å²) in [6.45, 7) is 2.79. The Hall–Kier alpha value is -2.12. The van der Waals surface area contributed by atoms with E-state index < -0.39 is 16.0 Å². The van der Waals surface area contributed by atoms with Crippen LogP contribution in [0.4, 0.5) is 0 Å². The van der Waals surface area contributed by atoms with Crippen LogP contribution in [0, 0.1) is 6.92 Å². The zero-order chi connectivity index (χ0) is 21.0. The van der Waals surface area contributed by atoms with Gasteiger partial charge in [0.1, 0.15) is 6.04 Å². The lowest BCUT2D eigenvalue weighted by Gasteiger charge is -2.25. The second-order valence-corrected chi connectivity index (χ2v) is 9.85. The van der Waals surface area contributed by atoms with Crippen molar-refractivity contribution in [1.29, 1.82) is 0 Å². The van der Waals surface area contributed by atoms with E-state index >= 15 is 0 Å². The van der Waals surface area contributed by atoms with Crippen molar-refractivity contribution < 1.29 is 23.6 Å². The number of hydrogen-bond acceptors (Lipinski definition) is 3. The number of unbranched alkanes of at least 4 members (excludes halogenated alkanes) is 3. The molecule has 1 unspecified atom stereocenters. The molecule has 29 heavy (non-hydrogen) atoms. The van der Waals surface area contributed by atoms with Crippen LogP contribution in [0.2, 0.25) is 0 Å². The predicted molar refractivity (Wildman–Crippen MR) is 112 cm³/mol. The van der Waals surface area contributed by atoms with E-state index in [9.17, 15) is 13.2 Å². The maximum absolute atomic E-state index is 13.3. The minimum atomic E-state index is -3.57. The Morgan fingerprint density at radius 3 is 2.76 bits per heavy atom. The lowest BCUT2D eigenvalue weighted by molar-refractivity contribution is -0.688. The van der Waals surface area contributed by atoms with E-state index in [-0.39, 0.29) is 12.5 Å². The van der Waals surface area contributed by atoms with Crippen LogP contribution in [0.15, 0.2) is 46.5 Å². The number of allylic oxidation sites excluding steroid dienone is 2. The van der Waals surface area contributed by atoms with Gasteiger partial charge in [-0.05, 0) is 50.7 Å². The van der Waals surface area contributed by atoms with E-state index in [1.165, 1.54) is 4.31 Å². The molecule has 0 bridgehead atoms. The SMILES string of the molecule is Cc1ccc2c(c1)S(=O)(=O)N(C)C1=C(C=CCC1)C2[NH2+]CCCCCCC(=O)O. The van der Waals surface area contributed by atoms with E-state index in [1.54, 1.807) is 13.1 Å². The highest BCUT2D eigenvalue weighted by Crippen LogP contribution is 2.39. The Kier molecular flexibility index (Phi) is 6.80. The number of carboxylic acids is 1. The number of benzene rings is 1. The molecule has 2 aliphatic rings. The predicted octanol–water partition coefficient (Wildman–Crippen LogP) is 2.87. The Morgan fingerprint density at radius 2 is 2.00 bits per heavy atom. The lowest BCUT2D eigenvalue weighted by Crippen LogP contribution is -2.85. The van der Waals surface area contributed by atoms with Crippen LogP contribution in [0.5, 0.6) is 0 Å². The van der Waals surface area contributed by atoms with Crippen molar-refractivity contribution in [2.24, 2.45) is 0 Å². The second-order valence-electron chi connectivity index (χ2n) is 7.92. The summed E-state index contributed by atoms with van der Waals surface area (Å²) in [7, 11) is -1.90. The van der Waals surface area contributed by atoms with Crippen molar-refractivity contribution in [3.63, 3.8) is 0 Å². The fourth-order valence-corrected chi connectivity index (χ4v) is 5.80. The van der Waals surface area contributed by atoms with Crippen LogP contribution >= 0.6 is 0 Å². The molecule has 1 heterocycles. The first-order valence-corrected chi connectivity index (χ1v) is 11.8. The molecular weight excluding hydrogens is 388 g/mol. The number of rotatable bonds is 8. The van der Waals surface area contributed by atoms with Gasteiger partial charge in [0.25, 0.3) is 10.0 Å². The lowest BCUT2D eigenvalue weighted by atomic mass is 9.91. The molecule has 1 aliphatic carbocycles. The smallest absolute Gasteiger partial charge is 0.303 e. The van der Waals surface area contributed by atoms with Crippen molar-refractivity contribution in [3.8, 4) is 0 Å². The Bertz CT molecular complexity index is 934. The van der Waals surface area contributed by atoms with Gasteiger partial charge in [0.2, 0.25) is 0 Å². The molecule has 1 aromatic rings. The summed E-state index contributed by atoms with van der Waals surface area (Å²) in [5, 5.41) is 11.0. The number of carbonyl (C=O) groups is 1. The Morgan fingerprint density at radius 1 is 1.24 bits per heavy atom. The first-order valence-electron chi connectivity index (χ1n) is 10.4. The minimum Gasteiger partial charge on any atom is -0.481 e. The van der Waals surface area contributed by atoms with Gasteiger partial charge >= 0.3 is 5.97 Å². The topological polar surface area (TPSA) is 91.3 Å². The highest BCUT2D eigenvalue weighted by Gasteiger charge is 2.38. The van der Waals surface area contributed by atoms with Gasteiger partial charge in [0, 0.05) is 30.3 Å². The minimum absolute atomic E-state index is 0.0455. The molecule has 1 aliphatic heterocycles. The van der Waals surface area contributed by atoms with E-state index in [1.807, 2.05) is 19.1 Å². The first kappa shape index (κ1) is 21.6. The monoisotopic (exact) mass is 419 g/mol. The van der Waals surface area contributed by atoms with Crippen molar-refractivity contribution in [1.82, 2.24) is 4.31 Å². The highest BCUT2D eigenvalue weighted by molar-refractivity contribution is 7.89. The number of nitrogens with zero attached hydrogens (tertiary/aromatic N) is 1. The molecule has 0 aromatic heterocycles. The number of hydrogen-bond donors (Lipinski definition) is 2. The summed E-state index contributed by atoms with van der Waals surface area (Å²) in [4.78, 5) is 11.0. The third-order valence-corrected chi connectivity index (χ3v) is 7.63. The maximum atomic E-state index is 13.3. The van der Waals surface area contributed by atoms with Crippen LogP contribution in [0.1, 0.15) is 62.1 Å². The van der Waals surface area contributed by atoms with Crippen LogP contribution in [0.3, 0.4) is 0 Å². The average Bonchev–Trinajstić information content (AvgIpc) is 2.75. The maximum Gasteiger partial charge on any atom is 0.303 e. The molecular formula is C22H31N2O4S+. The first-order chi connectivity index (χ1) is 13.8. The molecule has 0 radical (unpaired) electrons. The molecule has 1 atom stereocenters. The van der Waals surface area contributed by atoms with Gasteiger partial charge in [-0.3, -0.25) is 9.10 Å². The molecule has 158 valence electrons. The molecule has 7 heteroatoms. The molecule has 3 N–H and O–H groups in total. The molecule has 6 nitrogen and oxygen atoms in total. The van der Waals surface area contributed by atoms with Crippen LogP contribution in [-0.4, -0.2) is 37.4 Å². The zero-order valence-electron chi connectivity index (χ0n) is 17.2. The fraction of sp³-hybridized carbons (Fsp3) is 0.500. The fourth-order valence-electron chi connectivity index (χ4n) is 4.19. The van der Waals surface area contributed by atoms with Gasteiger partial charge < -0.3 is 10.4 Å².